The molecule has 2 fully saturated rings. The highest BCUT2D eigenvalue weighted by molar-refractivity contribution is 5.83. The van der Waals surface area contributed by atoms with Crippen LogP contribution in [0.25, 0.3) is 0 Å². The van der Waals surface area contributed by atoms with Crippen LogP contribution in [0.15, 0.2) is 24.4 Å². The Labute approximate surface area is 114 Å². The van der Waals surface area contributed by atoms with Crippen molar-refractivity contribution < 1.29 is 4.79 Å². The summed E-state index contributed by atoms with van der Waals surface area (Å²) in [5.41, 5.74) is 0. The minimum Gasteiger partial charge on any atom is -0.354 e. The molecule has 0 radical (unpaired) electrons. The van der Waals surface area contributed by atoms with Crippen LogP contribution in [0, 0.1) is 5.92 Å². The Morgan fingerprint density at radius 2 is 2.05 bits per heavy atom. The first kappa shape index (κ1) is 12.6. The van der Waals surface area contributed by atoms with Crippen LogP contribution in [0.3, 0.4) is 0 Å². The fourth-order valence-electron chi connectivity index (χ4n) is 3.09. The van der Waals surface area contributed by atoms with Gasteiger partial charge in [-0.15, -0.1) is 0 Å². The van der Waals surface area contributed by atoms with Gasteiger partial charge in [0.25, 0.3) is 0 Å². The van der Waals surface area contributed by atoms with Crippen LogP contribution in [0.1, 0.15) is 19.3 Å². The van der Waals surface area contributed by atoms with Crippen molar-refractivity contribution >= 4 is 11.6 Å². The van der Waals surface area contributed by atoms with Crippen LogP contribution in [0.5, 0.6) is 0 Å². The third-order valence-electron chi connectivity index (χ3n) is 4.26. The molecule has 1 aromatic heterocycles. The molecule has 1 atom stereocenters. The predicted molar refractivity (Wildman–Crippen MR) is 75.2 cm³/mol. The second kappa shape index (κ2) is 5.70. The van der Waals surface area contributed by atoms with Crippen molar-refractivity contribution in [2.45, 2.75) is 19.3 Å². The largest absolute Gasteiger partial charge is 0.354 e. The highest BCUT2D eigenvalue weighted by atomic mass is 16.1. The maximum atomic E-state index is 11.7. The average molecular weight is 259 g/mol. The molecule has 2 heterocycles. The van der Waals surface area contributed by atoms with Gasteiger partial charge in [-0.3, -0.25) is 9.69 Å². The quantitative estimate of drug-likeness (QED) is 0.825. The van der Waals surface area contributed by atoms with E-state index in [2.05, 4.69) is 20.9 Å². The zero-order valence-electron chi connectivity index (χ0n) is 11.3. The summed E-state index contributed by atoms with van der Waals surface area (Å²) in [6, 6.07) is 6.05. The molecule has 3 rings (SSSR count). The maximum Gasteiger partial charge on any atom is 0.137 e. The Bertz CT molecular complexity index is 426. The molecular weight excluding hydrogens is 238 g/mol. The van der Waals surface area contributed by atoms with Gasteiger partial charge in [0, 0.05) is 51.3 Å². The highest BCUT2D eigenvalue weighted by Crippen LogP contribution is 2.23. The maximum absolute atomic E-state index is 11.7. The lowest BCUT2D eigenvalue weighted by atomic mass is 10.1. The topological polar surface area (TPSA) is 36.4 Å². The summed E-state index contributed by atoms with van der Waals surface area (Å²) in [4.78, 5) is 20.8. The lowest BCUT2D eigenvalue weighted by Gasteiger charge is -2.36. The molecule has 1 aliphatic heterocycles. The van der Waals surface area contributed by atoms with E-state index >= 15 is 0 Å². The molecular formula is C15H21N3O. The first-order valence-corrected chi connectivity index (χ1v) is 7.24. The monoisotopic (exact) mass is 259 g/mol. The Morgan fingerprint density at radius 3 is 2.68 bits per heavy atom. The minimum absolute atomic E-state index is 0.307. The molecule has 1 saturated carbocycles. The van der Waals surface area contributed by atoms with Gasteiger partial charge in [0.1, 0.15) is 11.6 Å². The molecule has 0 amide bonds. The number of piperazine rings is 1. The van der Waals surface area contributed by atoms with Gasteiger partial charge in [0.05, 0.1) is 0 Å². The molecule has 1 unspecified atom stereocenters. The molecule has 4 heteroatoms. The van der Waals surface area contributed by atoms with Crippen molar-refractivity contribution in [3.63, 3.8) is 0 Å². The average Bonchev–Trinajstić information content (AvgIpc) is 2.86. The molecule has 19 heavy (non-hydrogen) atoms. The van der Waals surface area contributed by atoms with Crippen molar-refractivity contribution in [2.75, 3.05) is 37.6 Å². The summed E-state index contributed by atoms with van der Waals surface area (Å²) >= 11 is 0. The van der Waals surface area contributed by atoms with E-state index in [-0.39, 0.29) is 0 Å². The second-order valence-corrected chi connectivity index (χ2v) is 5.53. The molecule has 1 aromatic rings. The van der Waals surface area contributed by atoms with Gasteiger partial charge in [-0.05, 0) is 25.0 Å². The molecule has 2 aliphatic rings. The lowest BCUT2D eigenvalue weighted by molar-refractivity contribution is -0.121. The molecule has 0 bridgehead atoms. The Kier molecular flexibility index (Phi) is 3.78. The fourth-order valence-corrected chi connectivity index (χ4v) is 3.09. The fraction of sp³-hybridized carbons (Fsp3) is 0.600. The molecule has 102 valence electrons. The number of carbonyl (C=O) groups is 1. The summed E-state index contributed by atoms with van der Waals surface area (Å²) in [6.07, 6.45) is 4.84. The lowest BCUT2D eigenvalue weighted by Crippen LogP contribution is -2.48. The molecule has 0 aromatic carbocycles. The third kappa shape index (κ3) is 2.95. The first-order valence-electron chi connectivity index (χ1n) is 7.24. The van der Waals surface area contributed by atoms with Gasteiger partial charge in [-0.2, -0.15) is 0 Å². The van der Waals surface area contributed by atoms with Crippen LogP contribution < -0.4 is 4.90 Å². The van der Waals surface area contributed by atoms with E-state index in [1.807, 2.05) is 18.3 Å². The number of aromatic nitrogens is 1. The van der Waals surface area contributed by atoms with E-state index in [1.165, 1.54) is 0 Å². The number of carbonyl (C=O) groups excluding carboxylic acids is 1. The zero-order chi connectivity index (χ0) is 13.1. The van der Waals surface area contributed by atoms with Gasteiger partial charge in [0.15, 0.2) is 0 Å². The number of nitrogens with zero attached hydrogens (tertiary/aromatic N) is 3. The van der Waals surface area contributed by atoms with E-state index in [9.17, 15) is 4.79 Å². The number of hydrogen-bond donors (Lipinski definition) is 0. The normalized spacial score (nSPS) is 24.9. The highest BCUT2D eigenvalue weighted by Gasteiger charge is 2.27. The summed E-state index contributed by atoms with van der Waals surface area (Å²) in [6.45, 7) is 5.07. The number of rotatable bonds is 3. The number of hydrogen-bond acceptors (Lipinski definition) is 4. The summed E-state index contributed by atoms with van der Waals surface area (Å²) in [7, 11) is 0. The second-order valence-electron chi connectivity index (χ2n) is 5.53. The zero-order valence-corrected chi connectivity index (χ0v) is 11.3. The Balaban J connectivity index is 1.51. The number of pyridine rings is 1. The van der Waals surface area contributed by atoms with Crippen LogP contribution in [0.4, 0.5) is 5.82 Å². The van der Waals surface area contributed by atoms with Crippen LogP contribution in [-0.4, -0.2) is 48.4 Å². The molecule has 1 aliphatic carbocycles. The minimum atomic E-state index is 0.307. The number of anilines is 1. The first-order chi connectivity index (χ1) is 9.33. The summed E-state index contributed by atoms with van der Waals surface area (Å²) < 4.78 is 0. The molecule has 4 nitrogen and oxygen atoms in total. The summed E-state index contributed by atoms with van der Waals surface area (Å²) in [5.74, 6) is 1.85. The van der Waals surface area contributed by atoms with E-state index < -0.39 is 0 Å². The van der Waals surface area contributed by atoms with Crippen molar-refractivity contribution in [3.05, 3.63) is 24.4 Å². The smallest absolute Gasteiger partial charge is 0.137 e. The van der Waals surface area contributed by atoms with Crippen LogP contribution in [-0.2, 0) is 4.79 Å². The molecule has 0 spiro atoms. The van der Waals surface area contributed by atoms with Crippen molar-refractivity contribution in [1.29, 1.82) is 0 Å². The standard InChI is InChI=1S/C15H21N3O/c19-14-5-3-4-13(14)12-17-8-10-18(11-9-17)15-6-1-2-7-16-15/h1-2,6-7,13H,3-5,8-12H2. The van der Waals surface area contributed by atoms with Gasteiger partial charge >= 0.3 is 0 Å². The third-order valence-corrected chi connectivity index (χ3v) is 4.26. The number of Topliss-reactive ketones (excluding diaryl/α,β-unsaturated/α-hetero) is 1. The van der Waals surface area contributed by atoms with E-state index in [0.29, 0.717) is 11.7 Å². The van der Waals surface area contributed by atoms with Gasteiger partial charge < -0.3 is 4.90 Å². The molecule has 0 N–H and O–H groups in total. The Morgan fingerprint density at radius 1 is 1.21 bits per heavy atom. The SMILES string of the molecule is O=C1CCCC1CN1CCN(c2ccccn2)CC1. The number of ketones is 1. The van der Waals surface area contributed by atoms with E-state index in [1.54, 1.807) is 0 Å². The van der Waals surface area contributed by atoms with Gasteiger partial charge in [-0.1, -0.05) is 6.07 Å². The van der Waals surface area contributed by atoms with Crippen LogP contribution in [0.2, 0.25) is 0 Å². The van der Waals surface area contributed by atoms with Crippen LogP contribution >= 0.6 is 0 Å². The summed E-state index contributed by atoms with van der Waals surface area (Å²) in [5, 5.41) is 0. The molecule has 1 saturated heterocycles. The van der Waals surface area contributed by atoms with E-state index in [4.69, 9.17) is 0 Å². The predicted octanol–water partition coefficient (Wildman–Crippen LogP) is 1.57. The van der Waals surface area contributed by atoms with E-state index in [0.717, 1.165) is 57.8 Å². The van der Waals surface area contributed by atoms with Crippen molar-refractivity contribution in [3.8, 4) is 0 Å². The van der Waals surface area contributed by atoms with Crippen molar-refractivity contribution in [2.24, 2.45) is 5.92 Å². The Hall–Kier alpha value is -1.42. The van der Waals surface area contributed by atoms with Gasteiger partial charge in [0.2, 0.25) is 0 Å². The van der Waals surface area contributed by atoms with Crippen molar-refractivity contribution in [1.82, 2.24) is 9.88 Å². The van der Waals surface area contributed by atoms with Gasteiger partial charge in [-0.25, -0.2) is 4.98 Å².